The van der Waals surface area contributed by atoms with Gasteiger partial charge in [0.2, 0.25) is 0 Å². The van der Waals surface area contributed by atoms with Gasteiger partial charge in [-0.25, -0.2) is 8.78 Å². The Kier molecular flexibility index (Phi) is 14.6. The maximum atomic E-state index is 14.4. The number of rotatable bonds is 12. The van der Waals surface area contributed by atoms with Crippen LogP contribution in [0.3, 0.4) is 0 Å². The number of aliphatic hydroxyl groups excluding tert-OH is 1. The van der Waals surface area contributed by atoms with E-state index in [4.69, 9.17) is 24.1 Å². The Morgan fingerprint density at radius 1 is 0.725 bits per heavy atom. The summed E-state index contributed by atoms with van der Waals surface area (Å²) >= 11 is 0. The van der Waals surface area contributed by atoms with Crippen LogP contribution in [-0.2, 0) is 23.7 Å². The van der Waals surface area contributed by atoms with Gasteiger partial charge in [0.1, 0.15) is 17.9 Å². The van der Waals surface area contributed by atoms with E-state index in [1.807, 2.05) is 34.6 Å². The first-order valence-electron chi connectivity index (χ1n) is 14.9. The third kappa shape index (κ3) is 11.2. The van der Waals surface area contributed by atoms with Gasteiger partial charge in [0.05, 0.1) is 24.4 Å². The molecule has 1 N–H and O–H groups in total. The van der Waals surface area contributed by atoms with Crippen LogP contribution in [0.5, 0.6) is 0 Å². The molecule has 0 amide bonds. The first kappa shape index (κ1) is 36.8. The molecule has 0 saturated carbocycles. The van der Waals surface area contributed by atoms with Gasteiger partial charge in [0.25, 0.3) is 0 Å². The zero-order valence-corrected chi connectivity index (χ0v) is 26.9. The summed E-state index contributed by atoms with van der Waals surface area (Å²) in [4.78, 5) is 10.7. The normalized spacial score (nSPS) is 29.6. The second-order valence-corrected chi connectivity index (χ2v) is 13.1. The van der Waals surface area contributed by atoms with Crippen LogP contribution in [0.25, 0.3) is 0 Å². The minimum Gasteiger partial charge on any atom is -0.396 e. The highest BCUT2D eigenvalue weighted by molar-refractivity contribution is 5.50. The van der Waals surface area contributed by atoms with E-state index in [1.54, 1.807) is 32.9 Å². The van der Waals surface area contributed by atoms with Crippen LogP contribution in [-0.4, -0.2) is 54.0 Å². The minimum absolute atomic E-state index is 0.0149. The Labute approximate surface area is 241 Å². The molecule has 0 bridgehead atoms. The fraction of sp³-hybridized carbons (Fsp3) is 0.844. The van der Waals surface area contributed by atoms with Crippen LogP contribution in [0.4, 0.5) is 8.78 Å². The number of carbonyl (C=O) groups is 1. The van der Waals surface area contributed by atoms with E-state index >= 15 is 0 Å². The molecule has 2 aliphatic rings. The van der Waals surface area contributed by atoms with Gasteiger partial charge in [-0.05, 0) is 69.9 Å². The molecule has 0 unspecified atom stereocenters. The number of carbonyl (C=O) groups excluding carboxylic acids is 1. The zero-order valence-electron chi connectivity index (χ0n) is 26.9. The van der Waals surface area contributed by atoms with Crippen LogP contribution in [0, 0.1) is 35.5 Å². The lowest BCUT2D eigenvalue weighted by molar-refractivity contribution is -0.150. The summed E-state index contributed by atoms with van der Waals surface area (Å²) in [5.41, 5.74) is 0. The molecular weight excluding hydrogens is 518 g/mol. The molecule has 0 aromatic heterocycles. The maximum Gasteiger partial charge on any atom is 0.163 e. The molecule has 0 spiro atoms. The molecule has 6 nitrogen and oxygen atoms in total. The Hall–Kier alpha value is -1.19. The summed E-state index contributed by atoms with van der Waals surface area (Å²) in [6.07, 6.45) is 3.40. The zero-order chi connectivity index (χ0) is 31.0. The summed E-state index contributed by atoms with van der Waals surface area (Å²) in [5, 5.41) is 9.11. The third-order valence-electron chi connectivity index (χ3n) is 7.99. The van der Waals surface area contributed by atoms with E-state index in [2.05, 4.69) is 27.7 Å². The van der Waals surface area contributed by atoms with Crippen LogP contribution in [0.1, 0.15) is 95.9 Å². The topological polar surface area (TPSA) is 74.2 Å². The predicted molar refractivity (Wildman–Crippen MR) is 155 cm³/mol. The van der Waals surface area contributed by atoms with Crippen molar-refractivity contribution in [3.8, 4) is 0 Å². The molecule has 0 aromatic rings. The molecule has 40 heavy (non-hydrogen) atoms. The van der Waals surface area contributed by atoms with Crippen molar-refractivity contribution >= 4 is 6.29 Å². The average molecular weight is 575 g/mol. The first-order valence-corrected chi connectivity index (χ1v) is 14.9. The van der Waals surface area contributed by atoms with Crippen LogP contribution < -0.4 is 0 Å². The van der Waals surface area contributed by atoms with E-state index in [1.165, 1.54) is 0 Å². The molecule has 2 fully saturated rings. The van der Waals surface area contributed by atoms with Crippen molar-refractivity contribution in [3.05, 3.63) is 23.8 Å². The van der Waals surface area contributed by atoms with Crippen molar-refractivity contribution in [1.29, 1.82) is 0 Å². The molecular formula is C32H56F2O6. The van der Waals surface area contributed by atoms with E-state index in [0.717, 1.165) is 6.29 Å². The number of aliphatic hydroxyl groups is 1. The number of hydrogen-bond acceptors (Lipinski definition) is 6. The average Bonchev–Trinajstić information content (AvgIpc) is 3.32. The Morgan fingerprint density at radius 3 is 1.45 bits per heavy atom. The molecule has 2 heterocycles. The van der Waals surface area contributed by atoms with E-state index in [-0.39, 0.29) is 60.7 Å². The second-order valence-electron chi connectivity index (χ2n) is 13.1. The largest absolute Gasteiger partial charge is 0.396 e. The summed E-state index contributed by atoms with van der Waals surface area (Å²) < 4.78 is 51.8. The van der Waals surface area contributed by atoms with Gasteiger partial charge < -0.3 is 28.8 Å². The van der Waals surface area contributed by atoms with Crippen molar-refractivity contribution < 1.29 is 37.6 Å². The van der Waals surface area contributed by atoms with Crippen LogP contribution in [0.2, 0.25) is 0 Å². The highest BCUT2D eigenvalue weighted by Gasteiger charge is 2.45. The SMILES string of the molecule is CC(C)[C@H](C)/C=C(/F)[C@@H](C)[C@H]1OC(C)(C)O[C@H]1CC=O.CC(C)[C@H](C)/C=C(/F)[C@@H](C)[C@H]1OC(C)(C)O[C@H]1CCO. The number of aldehydes is 1. The van der Waals surface area contributed by atoms with Crippen LogP contribution in [0.15, 0.2) is 23.8 Å². The van der Waals surface area contributed by atoms with Crippen molar-refractivity contribution in [2.24, 2.45) is 35.5 Å². The molecule has 2 saturated heterocycles. The number of halogens is 2. The van der Waals surface area contributed by atoms with Crippen molar-refractivity contribution in [3.63, 3.8) is 0 Å². The van der Waals surface area contributed by atoms with E-state index in [0.29, 0.717) is 18.3 Å². The molecule has 0 radical (unpaired) electrons. The molecule has 234 valence electrons. The molecule has 2 rings (SSSR count). The summed E-state index contributed by atoms with van der Waals surface area (Å²) in [5.74, 6) is -1.47. The standard InChI is InChI=1S/C16H29FO3.C16H27FO3/c2*1-10(2)11(3)9-13(17)12(4)15-14(7-8-18)19-16(5,6)20-15/h9-12,14-15,18H,7-8H2,1-6H3;8-12,14-15H,7H2,1-6H3/b2*13-9+/t2*11-,12-,14+,15-/m11/s1. The van der Waals surface area contributed by atoms with E-state index < -0.39 is 23.6 Å². The van der Waals surface area contributed by atoms with Gasteiger partial charge in [-0.3, -0.25) is 0 Å². The van der Waals surface area contributed by atoms with Gasteiger partial charge in [0, 0.05) is 24.9 Å². The van der Waals surface area contributed by atoms with Gasteiger partial charge in [-0.15, -0.1) is 0 Å². The summed E-state index contributed by atoms with van der Waals surface area (Å²) in [6, 6.07) is 0. The lowest BCUT2D eigenvalue weighted by atomic mass is 9.92. The van der Waals surface area contributed by atoms with Crippen molar-refractivity contribution in [2.75, 3.05) is 6.61 Å². The lowest BCUT2D eigenvalue weighted by Gasteiger charge is -2.23. The van der Waals surface area contributed by atoms with Gasteiger partial charge >= 0.3 is 0 Å². The maximum absolute atomic E-state index is 14.4. The van der Waals surface area contributed by atoms with Gasteiger partial charge in [-0.2, -0.15) is 0 Å². The molecule has 8 heteroatoms. The predicted octanol–water partition coefficient (Wildman–Crippen LogP) is 7.55. The molecule has 2 aliphatic heterocycles. The number of hydrogen-bond donors (Lipinski definition) is 1. The Bertz CT molecular complexity index is 837. The minimum atomic E-state index is -0.767. The molecule has 8 atom stereocenters. The fourth-order valence-electron chi connectivity index (χ4n) is 4.71. The number of allylic oxidation sites excluding steroid dienone is 2. The first-order chi connectivity index (χ1) is 18.4. The molecule has 0 aliphatic carbocycles. The van der Waals surface area contributed by atoms with E-state index in [9.17, 15) is 13.6 Å². The third-order valence-corrected chi connectivity index (χ3v) is 7.99. The quantitative estimate of drug-likeness (QED) is 0.243. The Morgan fingerprint density at radius 2 is 1.10 bits per heavy atom. The highest BCUT2D eigenvalue weighted by Crippen LogP contribution is 2.38. The van der Waals surface area contributed by atoms with Crippen molar-refractivity contribution in [2.45, 2.75) is 132 Å². The van der Waals surface area contributed by atoms with Crippen molar-refractivity contribution in [1.82, 2.24) is 0 Å². The second kappa shape index (κ2) is 15.9. The van der Waals surface area contributed by atoms with Gasteiger partial charge in [-0.1, -0.05) is 55.4 Å². The molecule has 0 aromatic carbocycles. The summed E-state index contributed by atoms with van der Waals surface area (Å²) in [6.45, 7) is 23.1. The Balaban J connectivity index is 0.000000400. The highest BCUT2D eigenvalue weighted by atomic mass is 19.1. The summed E-state index contributed by atoms with van der Waals surface area (Å²) in [7, 11) is 0. The van der Waals surface area contributed by atoms with Crippen LogP contribution >= 0.6 is 0 Å². The smallest absolute Gasteiger partial charge is 0.163 e. The number of ether oxygens (including phenoxy) is 4. The monoisotopic (exact) mass is 574 g/mol. The lowest BCUT2D eigenvalue weighted by Crippen LogP contribution is -2.31. The van der Waals surface area contributed by atoms with Gasteiger partial charge in [0.15, 0.2) is 11.6 Å². The fourth-order valence-corrected chi connectivity index (χ4v) is 4.71.